The van der Waals surface area contributed by atoms with E-state index in [0.717, 1.165) is 5.56 Å². The van der Waals surface area contributed by atoms with Gasteiger partial charge in [0.05, 0.1) is 22.9 Å². The SMILES string of the molecule is O=C(NCCc1ccccc1)C(=O)Nc1c2c(nn1-c1ccc(Cl)cc1)CS(=O)(=O)C2. The second-order valence-electron chi connectivity index (χ2n) is 7.14. The van der Waals surface area contributed by atoms with Gasteiger partial charge in [0.25, 0.3) is 0 Å². The third-order valence-corrected chi connectivity index (χ3v) is 6.53. The van der Waals surface area contributed by atoms with Crippen molar-refractivity contribution in [3.8, 4) is 5.69 Å². The molecule has 0 saturated carbocycles. The average molecular weight is 459 g/mol. The first-order valence-electron chi connectivity index (χ1n) is 9.52. The van der Waals surface area contributed by atoms with E-state index in [1.807, 2.05) is 30.3 Å². The van der Waals surface area contributed by atoms with Crippen molar-refractivity contribution in [2.45, 2.75) is 17.9 Å². The topological polar surface area (TPSA) is 110 Å². The minimum Gasteiger partial charge on any atom is -0.347 e. The van der Waals surface area contributed by atoms with Crippen LogP contribution >= 0.6 is 11.6 Å². The van der Waals surface area contributed by atoms with Crippen molar-refractivity contribution in [3.63, 3.8) is 0 Å². The lowest BCUT2D eigenvalue weighted by Gasteiger charge is -2.11. The Bertz CT molecular complexity index is 1240. The number of carbonyl (C=O) groups excluding carboxylic acids is 2. The zero-order valence-electron chi connectivity index (χ0n) is 16.3. The first-order valence-corrected chi connectivity index (χ1v) is 11.7. The minimum atomic E-state index is -3.34. The number of hydrogen-bond donors (Lipinski definition) is 2. The molecule has 0 aliphatic carbocycles. The van der Waals surface area contributed by atoms with Crippen LogP contribution in [-0.2, 0) is 37.4 Å². The number of aromatic nitrogens is 2. The van der Waals surface area contributed by atoms with E-state index in [0.29, 0.717) is 34.9 Å². The molecule has 2 N–H and O–H groups in total. The summed E-state index contributed by atoms with van der Waals surface area (Å²) >= 11 is 5.94. The van der Waals surface area contributed by atoms with E-state index in [1.54, 1.807) is 24.3 Å². The van der Waals surface area contributed by atoms with Crippen molar-refractivity contribution in [2.24, 2.45) is 0 Å². The molecule has 0 spiro atoms. The van der Waals surface area contributed by atoms with Crippen LogP contribution in [0.2, 0.25) is 5.02 Å². The number of amides is 2. The second kappa shape index (κ2) is 8.52. The van der Waals surface area contributed by atoms with Crippen LogP contribution < -0.4 is 10.6 Å². The third-order valence-electron chi connectivity index (χ3n) is 4.84. The monoisotopic (exact) mass is 458 g/mol. The molecule has 3 aromatic rings. The van der Waals surface area contributed by atoms with Crippen LogP contribution in [0.5, 0.6) is 0 Å². The van der Waals surface area contributed by atoms with Gasteiger partial charge in [-0.25, -0.2) is 13.1 Å². The standard InChI is InChI=1S/C21H19ClN4O4S/c22-15-6-8-16(9-7-15)26-19(17-12-31(29,30)13-18(17)25-26)24-21(28)20(27)23-11-10-14-4-2-1-3-5-14/h1-9H,10-13H2,(H,23,27)(H,24,28). The molecular formula is C21H19ClN4O4S. The van der Waals surface area contributed by atoms with Gasteiger partial charge in [0.2, 0.25) is 0 Å². The highest BCUT2D eigenvalue weighted by molar-refractivity contribution is 7.90. The molecule has 4 rings (SSSR count). The molecule has 0 fully saturated rings. The van der Waals surface area contributed by atoms with Gasteiger partial charge in [0.15, 0.2) is 9.84 Å². The van der Waals surface area contributed by atoms with Gasteiger partial charge in [0, 0.05) is 17.1 Å². The summed E-state index contributed by atoms with van der Waals surface area (Å²) in [5.74, 6) is -2.00. The Labute approximate surface area is 184 Å². The fraction of sp³-hybridized carbons (Fsp3) is 0.190. The normalized spacial score (nSPS) is 14.1. The maximum absolute atomic E-state index is 12.5. The molecule has 2 aromatic carbocycles. The lowest BCUT2D eigenvalue weighted by Crippen LogP contribution is -2.37. The molecule has 2 amide bonds. The molecule has 2 heterocycles. The van der Waals surface area contributed by atoms with Crippen molar-refractivity contribution in [1.82, 2.24) is 15.1 Å². The number of halogens is 1. The van der Waals surface area contributed by atoms with E-state index in [9.17, 15) is 18.0 Å². The summed E-state index contributed by atoms with van der Waals surface area (Å²) in [7, 11) is -3.34. The zero-order valence-corrected chi connectivity index (χ0v) is 17.9. The van der Waals surface area contributed by atoms with Crippen molar-refractivity contribution >= 4 is 39.1 Å². The van der Waals surface area contributed by atoms with E-state index in [-0.39, 0.29) is 17.3 Å². The predicted octanol–water partition coefficient (Wildman–Crippen LogP) is 2.25. The molecule has 160 valence electrons. The van der Waals surface area contributed by atoms with E-state index < -0.39 is 21.7 Å². The fourth-order valence-electron chi connectivity index (χ4n) is 3.35. The lowest BCUT2D eigenvalue weighted by atomic mass is 10.1. The largest absolute Gasteiger partial charge is 0.347 e. The van der Waals surface area contributed by atoms with E-state index >= 15 is 0 Å². The summed E-state index contributed by atoms with van der Waals surface area (Å²) < 4.78 is 25.5. The van der Waals surface area contributed by atoms with Crippen molar-refractivity contribution in [1.29, 1.82) is 0 Å². The number of benzene rings is 2. The quantitative estimate of drug-likeness (QED) is 0.570. The van der Waals surface area contributed by atoms with Crippen LogP contribution in [0.4, 0.5) is 5.82 Å². The Balaban J connectivity index is 1.52. The first kappa shape index (κ1) is 21.1. The average Bonchev–Trinajstić information content (AvgIpc) is 3.21. The Hall–Kier alpha value is -3.17. The summed E-state index contributed by atoms with van der Waals surface area (Å²) in [6.45, 7) is 0.291. The minimum absolute atomic E-state index is 0.168. The highest BCUT2D eigenvalue weighted by atomic mass is 35.5. The Morgan fingerprint density at radius 1 is 1.00 bits per heavy atom. The Morgan fingerprint density at radius 2 is 1.71 bits per heavy atom. The van der Waals surface area contributed by atoms with Crippen LogP contribution in [0.15, 0.2) is 54.6 Å². The van der Waals surface area contributed by atoms with Gasteiger partial charge >= 0.3 is 11.8 Å². The number of anilines is 1. The van der Waals surface area contributed by atoms with Gasteiger partial charge in [0.1, 0.15) is 5.82 Å². The van der Waals surface area contributed by atoms with Gasteiger partial charge in [-0.15, -0.1) is 0 Å². The van der Waals surface area contributed by atoms with E-state index in [4.69, 9.17) is 11.6 Å². The van der Waals surface area contributed by atoms with Crippen molar-refractivity contribution in [3.05, 3.63) is 76.4 Å². The third kappa shape index (κ3) is 4.78. The second-order valence-corrected chi connectivity index (χ2v) is 9.64. The van der Waals surface area contributed by atoms with Crippen LogP contribution in [0.1, 0.15) is 16.8 Å². The molecule has 0 bridgehead atoms. The van der Waals surface area contributed by atoms with E-state index in [2.05, 4.69) is 15.7 Å². The fourth-order valence-corrected chi connectivity index (χ4v) is 4.97. The van der Waals surface area contributed by atoms with Crippen LogP contribution in [0, 0.1) is 0 Å². The molecule has 10 heteroatoms. The molecule has 1 aliphatic rings. The summed E-state index contributed by atoms with van der Waals surface area (Å²) in [5, 5.41) is 9.99. The maximum Gasteiger partial charge on any atom is 0.314 e. The van der Waals surface area contributed by atoms with Gasteiger partial charge < -0.3 is 10.6 Å². The molecular weight excluding hydrogens is 440 g/mol. The number of fused-ring (bicyclic) bond motifs is 1. The molecule has 31 heavy (non-hydrogen) atoms. The Morgan fingerprint density at radius 3 is 2.42 bits per heavy atom. The number of rotatable bonds is 5. The highest BCUT2D eigenvalue weighted by Crippen LogP contribution is 2.33. The van der Waals surface area contributed by atoms with Crippen LogP contribution in [0.25, 0.3) is 5.69 Å². The number of sulfone groups is 1. The number of carbonyl (C=O) groups is 2. The van der Waals surface area contributed by atoms with Gasteiger partial charge in [-0.2, -0.15) is 5.10 Å². The smallest absolute Gasteiger partial charge is 0.314 e. The molecule has 0 saturated heterocycles. The highest BCUT2D eigenvalue weighted by Gasteiger charge is 2.33. The Kier molecular flexibility index (Phi) is 5.79. The number of nitrogens with one attached hydrogen (secondary N) is 2. The summed E-state index contributed by atoms with van der Waals surface area (Å²) in [6.07, 6.45) is 0.580. The van der Waals surface area contributed by atoms with Gasteiger partial charge in [-0.3, -0.25) is 9.59 Å². The first-order chi connectivity index (χ1) is 14.8. The van der Waals surface area contributed by atoms with Crippen molar-refractivity contribution in [2.75, 3.05) is 11.9 Å². The molecule has 0 radical (unpaired) electrons. The summed E-state index contributed by atoms with van der Waals surface area (Å²) in [5.41, 5.74) is 2.36. The molecule has 8 nitrogen and oxygen atoms in total. The maximum atomic E-state index is 12.5. The molecule has 0 atom stereocenters. The van der Waals surface area contributed by atoms with Crippen LogP contribution in [-0.4, -0.2) is 36.6 Å². The summed E-state index contributed by atoms with van der Waals surface area (Å²) in [6, 6.07) is 16.2. The number of hydrogen-bond acceptors (Lipinski definition) is 5. The molecule has 1 aromatic heterocycles. The summed E-state index contributed by atoms with van der Waals surface area (Å²) in [4.78, 5) is 24.8. The van der Waals surface area contributed by atoms with Gasteiger partial charge in [-0.05, 0) is 36.2 Å². The molecule has 1 aliphatic heterocycles. The predicted molar refractivity (Wildman–Crippen MR) is 117 cm³/mol. The number of nitrogens with zero attached hydrogens (tertiary/aromatic N) is 2. The van der Waals surface area contributed by atoms with Crippen molar-refractivity contribution < 1.29 is 18.0 Å². The lowest BCUT2D eigenvalue weighted by molar-refractivity contribution is -0.136. The van der Waals surface area contributed by atoms with E-state index in [1.165, 1.54) is 4.68 Å². The molecule has 0 unspecified atom stereocenters. The zero-order chi connectivity index (χ0) is 22.0. The van der Waals surface area contributed by atoms with Crippen LogP contribution in [0.3, 0.4) is 0 Å². The van der Waals surface area contributed by atoms with Gasteiger partial charge in [-0.1, -0.05) is 41.9 Å².